The molecule has 4 aliphatic heterocycles. The van der Waals surface area contributed by atoms with Crippen molar-refractivity contribution in [2.24, 2.45) is 39.3 Å². The fourth-order valence-corrected chi connectivity index (χ4v) is 20.1. The zero-order valence-corrected chi connectivity index (χ0v) is 45.6. The summed E-state index contributed by atoms with van der Waals surface area (Å²) < 4.78 is 13.2. The molecule has 5 N–H and O–H groups in total. The molecule has 0 unspecified atom stereocenters. The van der Waals surface area contributed by atoms with Crippen LogP contribution in [0.15, 0.2) is 83.9 Å². The number of esters is 1. The predicted molar refractivity (Wildman–Crippen MR) is 298 cm³/mol. The average molecular weight is 1040 g/mol. The molecule has 4 spiro atoms. The number of aliphatic imine (C=N–C) groups is 1. The third-order valence-electron chi connectivity index (χ3n) is 19.9. The Bertz CT molecular complexity index is 2530. The number of guanidine groups is 1. The lowest BCUT2D eigenvalue weighted by Crippen LogP contribution is -2.55. The molecule has 6 bridgehead atoms. The van der Waals surface area contributed by atoms with Crippen LogP contribution in [0.2, 0.25) is 0 Å². The highest BCUT2D eigenvalue weighted by Crippen LogP contribution is 2.64. The van der Waals surface area contributed by atoms with E-state index in [2.05, 4.69) is 84.2 Å². The van der Waals surface area contributed by atoms with Gasteiger partial charge in [-0.1, -0.05) is 114 Å². The molecular formula is C62H82N4O6S2. The molecule has 1 saturated heterocycles. The standard InChI is InChI=1S/C62H82N4O6S2/c1-42(67)71-52-25-23-46-34-48(56(70)57-55(46)47-27-33-61(72-57)31-12-19-49(61)35-47)39-66-41-60(37-54(66)69)50(24-26-53(60)45-17-6-3-7-18-45)38-64-58(63)65-62(32-13-30-59(62)28-10-11-29-59)74-73-40-44(16-8-9-20-51(68)36-52)22-21-43-14-4-2-5-15-43/h2-7,14-15,17-18,27,33-34,44,47,49-53,68,70H,8-13,16,19-26,28-32,35-41H2,1H3,(H3,63,64,65)/t44-,47+,49+,50+,51-,52+,53-,60-,61-,62-/m0/s1. The number of amides is 1. The summed E-state index contributed by atoms with van der Waals surface area (Å²) in [4.78, 5) is 34.6. The van der Waals surface area contributed by atoms with E-state index in [0.29, 0.717) is 74.3 Å². The number of carbonyl (C=O) groups is 2. The summed E-state index contributed by atoms with van der Waals surface area (Å²) in [5, 5.41) is 28.2. The molecular weight excluding hydrogens is 961 g/mol. The van der Waals surface area contributed by atoms with Gasteiger partial charge in [-0.25, -0.2) is 0 Å². The first-order valence-electron chi connectivity index (χ1n) is 28.8. The first-order chi connectivity index (χ1) is 36.0. The molecule has 3 aromatic rings. The summed E-state index contributed by atoms with van der Waals surface area (Å²) in [5.41, 5.74) is 12.0. The van der Waals surface area contributed by atoms with E-state index >= 15 is 0 Å². The monoisotopic (exact) mass is 1040 g/mol. The smallest absolute Gasteiger partial charge is 0.302 e. The predicted octanol–water partition coefficient (Wildman–Crippen LogP) is 12.4. The topological polar surface area (TPSA) is 147 Å². The molecule has 0 radical (unpaired) electrons. The molecule has 9 aliphatic rings. The SMILES string of the molecule is CC(=O)O[C@@H]1CCc2cc(c(O)c3c2[C@@H]2C=C[C@]4(CCC[C@@H]4C2)O3)CN2C[C@@]3(CC2=O)[C@H](CC[C@H]3c2ccccc2)CN=C(N)N[C@@]2(CCCC23CCCC3)SSC[C@H](CCc2ccccc2)CCCC[C@H](O)C1. The van der Waals surface area contributed by atoms with Crippen LogP contribution in [-0.4, -0.2) is 74.5 Å². The number of hydrogen-bond donors (Lipinski definition) is 4. The van der Waals surface area contributed by atoms with Gasteiger partial charge in [0, 0.05) is 78.9 Å². The van der Waals surface area contributed by atoms with E-state index in [1.165, 1.54) is 56.6 Å². The highest BCUT2D eigenvalue weighted by molar-refractivity contribution is 8.77. The van der Waals surface area contributed by atoms with Gasteiger partial charge in [-0.3, -0.25) is 14.6 Å². The van der Waals surface area contributed by atoms with E-state index in [9.17, 15) is 19.8 Å². The summed E-state index contributed by atoms with van der Waals surface area (Å²) in [6.45, 7) is 2.86. The Hall–Kier alpha value is -4.13. The molecule has 4 heterocycles. The Morgan fingerprint density at radius 2 is 1.68 bits per heavy atom. The number of aryl methyl sites for hydroxylation is 2. The van der Waals surface area contributed by atoms with Crippen LogP contribution in [0.5, 0.6) is 11.5 Å². The molecule has 5 aliphatic carbocycles. The lowest BCUT2D eigenvalue weighted by molar-refractivity contribution is -0.148. The lowest BCUT2D eigenvalue weighted by Gasteiger charge is -2.44. The van der Waals surface area contributed by atoms with Crippen molar-refractivity contribution in [3.8, 4) is 11.5 Å². The first kappa shape index (κ1) is 51.9. The van der Waals surface area contributed by atoms with Crippen molar-refractivity contribution in [3.63, 3.8) is 0 Å². The van der Waals surface area contributed by atoms with Gasteiger partial charge in [-0.2, -0.15) is 0 Å². The number of benzene rings is 3. The number of allylic oxidation sites excluding steroid dienone is 1. The number of nitrogens with one attached hydrogen (secondary N) is 1. The molecule has 10 atom stereocenters. The van der Waals surface area contributed by atoms with Crippen LogP contribution in [0.3, 0.4) is 0 Å². The molecule has 1 amide bonds. The van der Waals surface area contributed by atoms with Crippen molar-refractivity contribution < 1.29 is 29.3 Å². The van der Waals surface area contributed by atoms with Crippen LogP contribution in [0.4, 0.5) is 0 Å². The zero-order chi connectivity index (χ0) is 50.9. The number of hydrogen-bond acceptors (Lipinski definition) is 11. The molecule has 398 valence electrons. The molecule has 10 nitrogen and oxygen atoms in total. The van der Waals surface area contributed by atoms with Crippen molar-refractivity contribution >= 4 is 39.4 Å². The maximum Gasteiger partial charge on any atom is 0.302 e. The normalized spacial score (nSPS) is 34.4. The van der Waals surface area contributed by atoms with Gasteiger partial charge in [0.2, 0.25) is 5.91 Å². The lowest BCUT2D eigenvalue weighted by atomic mass is 9.68. The number of nitrogens with zero attached hydrogens (tertiary/aromatic N) is 2. The number of aliphatic hydroxyl groups is 1. The summed E-state index contributed by atoms with van der Waals surface area (Å²) in [6, 6.07) is 23.8. The number of nitrogens with two attached hydrogens (primary N) is 1. The van der Waals surface area contributed by atoms with Crippen molar-refractivity contribution in [2.45, 2.75) is 196 Å². The first-order valence-corrected chi connectivity index (χ1v) is 31.1. The van der Waals surface area contributed by atoms with Gasteiger partial charge in [0.15, 0.2) is 17.5 Å². The van der Waals surface area contributed by atoms with Gasteiger partial charge >= 0.3 is 5.97 Å². The molecule has 74 heavy (non-hydrogen) atoms. The van der Waals surface area contributed by atoms with E-state index < -0.39 is 17.8 Å². The fourth-order valence-electron chi connectivity index (χ4n) is 16.1. The van der Waals surface area contributed by atoms with Crippen molar-refractivity contribution in [1.82, 2.24) is 10.2 Å². The minimum Gasteiger partial charge on any atom is -0.504 e. The number of ether oxygens (including phenoxy) is 2. The van der Waals surface area contributed by atoms with E-state index in [4.69, 9.17) is 20.2 Å². The number of carbonyl (C=O) groups excluding carboxylic acids is 2. The third-order valence-corrected chi connectivity index (χ3v) is 23.2. The second-order valence-electron chi connectivity index (χ2n) is 24.3. The summed E-state index contributed by atoms with van der Waals surface area (Å²) >= 11 is 0. The average Bonchev–Trinajstić information content (AvgIpc) is 4.22. The van der Waals surface area contributed by atoms with Crippen molar-refractivity contribution in [2.75, 3.05) is 18.8 Å². The Kier molecular flexibility index (Phi) is 15.5. The van der Waals surface area contributed by atoms with Gasteiger partial charge < -0.3 is 35.6 Å². The van der Waals surface area contributed by atoms with E-state index in [1.54, 1.807) is 0 Å². The maximum absolute atomic E-state index is 14.8. The van der Waals surface area contributed by atoms with E-state index in [0.717, 1.165) is 93.9 Å². The Labute approximate surface area is 448 Å². The second kappa shape index (κ2) is 22.1. The van der Waals surface area contributed by atoms with Gasteiger partial charge in [-0.05, 0) is 156 Å². The number of phenolic OH excluding ortho intramolecular Hbond substituents is 1. The molecule has 12 heteroatoms. The Balaban J connectivity index is 0.937. The minimum absolute atomic E-state index is 0.0857. The van der Waals surface area contributed by atoms with Crippen LogP contribution in [-0.2, 0) is 33.7 Å². The second-order valence-corrected chi connectivity index (χ2v) is 26.9. The van der Waals surface area contributed by atoms with Gasteiger partial charge in [-0.15, -0.1) is 0 Å². The third kappa shape index (κ3) is 10.4. The van der Waals surface area contributed by atoms with Crippen LogP contribution >= 0.6 is 21.6 Å². The van der Waals surface area contributed by atoms with Crippen molar-refractivity contribution in [3.05, 3.63) is 107 Å². The molecule has 12 rings (SSSR count). The molecule has 4 saturated carbocycles. The maximum atomic E-state index is 14.8. The number of fused-ring (bicyclic) bond motifs is 4. The highest BCUT2D eigenvalue weighted by Gasteiger charge is 2.59. The largest absolute Gasteiger partial charge is 0.504 e. The van der Waals surface area contributed by atoms with E-state index in [1.807, 2.05) is 26.5 Å². The van der Waals surface area contributed by atoms with Crippen LogP contribution in [0.1, 0.15) is 181 Å². The summed E-state index contributed by atoms with van der Waals surface area (Å²) in [5.74, 6) is 3.34. The van der Waals surface area contributed by atoms with Crippen LogP contribution in [0.25, 0.3) is 0 Å². The molecule has 5 fully saturated rings. The Morgan fingerprint density at radius 3 is 2.49 bits per heavy atom. The quantitative estimate of drug-likeness (QED) is 0.111. The van der Waals surface area contributed by atoms with Crippen molar-refractivity contribution in [1.29, 1.82) is 0 Å². The van der Waals surface area contributed by atoms with Gasteiger partial charge in [0.25, 0.3) is 0 Å². The number of aromatic hydroxyl groups is 1. The summed E-state index contributed by atoms with van der Waals surface area (Å²) in [7, 11) is 4.07. The number of rotatable bonds is 5. The van der Waals surface area contributed by atoms with Crippen LogP contribution in [0, 0.1) is 28.6 Å². The number of aliphatic hydroxyl groups excluding tert-OH is 1. The fraction of sp³-hybridized carbons (Fsp3) is 0.629. The molecule has 3 aromatic carbocycles. The number of phenols is 1. The van der Waals surface area contributed by atoms with Gasteiger partial charge in [0.05, 0.1) is 6.10 Å². The van der Waals surface area contributed by atoms with Gasteiger partial charge in [0.1, 0.15) is 16.6 Å². The summed E-state index contributed by atoms with van der Waals surface area (Å²) in [6.07, 6.45) is 25.6. The zero-order valence-electron chi connectivity index (χ0n) is 44.0. The minimum atomic E-state index is -0.603. The highest BCUT2D eigenvalue weighted by atomic mass is 33.1. The Morgan fingerprint density at radius 1 is 0.892 bits per heavy atom. The molecule has 0 aromatic heterocycles. The van der Waals surface area contributed by atoms with E-state index in [-0.39, 0.29) is 57.6 Å². The van der Waals surface area contributed by atoms with Crippen LogP contribution < -0.4 is 15.8 Å².